The van der Waals surface area contributed by atoms with Crippen molar-refractivity contribution in [3.05, 3.63) is 71.4 Å². The van der Waals surface area contributed by atoms with Crippen molar-refractivity contribution in [2.45, 2.75) is 57.7 Å². The Kier molecular flexibility index (Phi) is 7.78. The zero-order valence-electron chi connectivity index (χ0n) is 26.2. The van der Waals surface area contributed by atoms with Crippen LogP contribution in [0.25, 0.3) is 33.4 Å². The third kappa shape index (κ3) is 5.54. The van der Waals surface area contributed by atoms with E-state index in [-0.39, 0.29) is 23.0 Å². The van der Waals surface area contributed by atoms with Gasteiger partial charge in [-0.1, -0.05) is 35.9 Å². The van der Waals surface area contributed by atoms with Gasteiger partial charge in [0, 0.05) is 78.7 Å². The molecule has 226 valence electrons. The van der Waals surface area contributed by atoms with Crippen LogP contribution < -0.4 is 15.5 Å². The molecule has 2 aliphatic rings. The quantitative estimate of drug-likeness (QED) is 0.280. The number of pyridine rings is 1. The maximum atomic E-state index is 13.4. The van der Waals surface area contributed by atoms with Gasteiger partial charge in [-0.15, -0.1) is 0 Å². The molecule has 2 aromatic carbocycles. The van der Waals surface area contributed by atoms with E-state index < -0.39 is 0 Å². The van der Waals surface area contributed by atoms with Crippen LogP contribution in [-0.2, 0) is 7.05 Å². The van der Waals surface area contributed by atoms with E-state index in [9.17, 15) is 4.79 Å². The van der Waals surface area contributed by atoms with Gasteiger partial charge < -0.3 is 20.1 Å². The van der Waals surface area contributed by atoms with Crippen molar-refractivity contribution in [1.29, 1.82) is 0 Å². The van der Waals surface area contributed by atoms with Crippen molar-refractivity contribution in [2.24, 2.45) is 7.05 Å². The molecule has 4 aromatic rings. The van der Waals surface area contributed by atoms with E-state index in [4.69, 9.17) is 16.6 Å². The number of anilines is 1. The van der Waals surface area contributed by atoms with Gasteiger partial charge in [0.15, 0.2) is 0 Å². The van der Waals surface area contributed by atoms with E-state index in [1.54, 1.807) is 6.20 Å². The van der Waals surface area contributed by atoms with Crippen LogP contribution in [0.1, 0.15) is 50.9 Å². The van der Waals surface area contributed by atoms with E-state index in [0.29, 0.717) is 10.6 Å². The van der Waals surface area contributed by atoms with Crippen LogP contribution in [0, 0.1) is 0 Å². The molecule has 2 aliphatic heterocycles. The number of piperidine rings is 1. The molecular weight excluding hydrogens is 556 g/mol. The molecule has 0 bridgehead atoms. The smallest absolute Gasteiger partial charge is 0.251 e. The summed E-state index contributed by atoms with van der Waals surface area (Å²) in [7, 11) is 4.22. The first-order chi connectivity index (χ1) is 20.5. The number of carbonyl (C=O) groups is 1. The summed E-state index contributed by atoms with van der Waals surface area (Å²) in [5.41, 5.74) is 6.90. The van der Waals surface area contributed by atoms with E-state index >= 15 is 0 Å². The Morgan fingerprint density at radius 2 is 1.51 bits per heavy atom. The summed E-state index contributed by atoms with van der Waals surface area (Å²) in [6, 6.07) is 18.7. The van der Waals surface area contributed by atoms with E-state index in [0.717, 1.165) is 72.4 Å². The van der Waals surface area contributed by atoms with Gasteiger partial charge in [0.25, 0.3) is 5.91 Å². The number of halogens is 1. The standard InChI is InChI=1S/C35H43ClN6O/c1-34(2)21-26(22-35(3,4)41(34)6)39-33(43)25-9-7-23(8-10-25)29-30-28(36)15-16-38-32(30)40(5)31(29)24-11-13-27(14-12-24)42-19-17-37-18-20-42/h7-16,26,37H,17-22H2,1-6H3,(H,39,43). The molecule has 1 amide bonds. The predicted octanol–water partition coefficient (Wildman–Crippen LogP) is 6.35. The highest BCUT2D eigenvalue weighted by Gasteiger charge is 2.43. The lowest BCUT2D eigenvalue weighted by Gasteiger charge is -2.53. The maximum absolute atomic E-state index is 13.4. The number of hydrogen-bond acceptors (Lipinski definition) is 5. The van der Waals surface area contributed by atoms with Crippen LogP contribution >= 0.6 is 11.6 Å². The Bertz CT molecular complexity index is 1620. The molecule has 2 fully saturated rings. The molecule has 4 heterocycles. The Hall–Kier alpha value is -3.39. The van der Waals surface area contributed by atoms with Crippen molar-refractivity contribution in [2.75, 3.05) is 38.1 Å². The summed E-state index contributed by atoms with van der Waals surface area (Å²) in [6.45, 7) is 13.0. The van der Waals surface area contributed by atoms with Gasteiger partial charge in [-0.25, -0.2) is 4.98 Å². The number of nitrogens with zero attached hydrogens (tertiary/aromatic N) is 4. The molecule has 0 unspecified atom stereocenters. The number of hydrogen-bond donors (Lipinski definition) is 2. The molecule has 2 aromatic heterocycles. The van der Waals surface area contributed by atoms with Crippen molar-refractivity contribution in [1.82, 2.24) is 25.1 Å². The summed E-state index contributed by atoms with van der Waals surface area (Å²) in [6.07, 6.45) is 3.58. The minimum atomic E-state index is -0.0333. The number of nitrogens with one attached hydrogen (secondary N) is 2. The Labute approximate surface area is 260 Å². The second-order valence-electron chi connectivity index (χ2n) is 13.4. The fourth-order valence-electron chi connectivity index (χ4n) is 7.21. The molecule has 0 radical (unpaired) electrons. The molecule has 0 saturated carbocycles. The second-order valence-corrected chi connectivity index (χ2v) is 13.8. The number of rotatable bonds is 5. The topological polar surface area (TPSA) is 65.4 Å². The average molecular weight is 599 g/mol. The summed E-state index contributed by atoms with van der Waals surface area (Å²) in [4.78, 5) is 23.0. The van der Waals surface area contributed by atoms with Crippen LogP contribution in [0.5, 0.6) is 0 Å². The van der Waals surface area contributed by atoms with Gasteiger partial charge >= 0.3 is 0 Å². The number of likely N-dealkylation sites (tertiary alicyclic amines) is 1. The fraction of sp³-hybridized carbons (Fsp3) is 0.429. The predicted molar refractivity (Wildman–Crippen MR) is 178 cm³/mol. The maximum Gasteiger partial charge on any atom is 0.251 e. The number of aromatic nitrogens is 2. The van der Waals surface area contributed by atoms with Crippen LogP contribution in [0.15, 0.2) is 60.8 Å². The number of aryl methyl sites for hydroxylation is 1. The van der Waals surface area contributed by atoms with Gasteiger partial charge in [0.2, 0.25) is 0 Å². The summed E-state index contributed by atoms with van der Waals surface area (Å²) in [5.74, 6) is -0.0333. The number of carbonyl (C=O) groups excluding carboxylic acids is 1. The van der Waals surface area contributed by atoms with E-state index in [1.165, 1.54) is 5.69 Å². The average Bonchev–Trinajstić information content (AvgIpc) is 3.29. The normalized spacial score (nSPS) is 19.1. The Balaban J connectivity index is 1.32. The lowest BCUT2D eigenvalue weighted by Crippen LogP contribution is -2.62. The number of benzene rings is 2. The molecule has 2 N–H and O–H groups in total. The van der Waals surface area contributed by atoms with Crippen molar-refractivity contribution in [3.63, 3.8) is 0 Å². The highest BCUT2D eigenvalue weighted by atomic mass is 35.5. The zero-order chi connectivity index (χ0) is 30.5. The first-order valence-corrected chi connectivity index (χ1v) is 15.7. The number of piperazine rings is 1. The first-order valence-electron chi connectivity index (χ1n) is 15.3. The van der Waals surface area contributed by atoms with E-state index in [2.05, 4.69) is 84.0 Å². The molecule has 0 spiro atoms. The molecule has 0 aliphatic carbocycles. The van der Waals surface area contributed by atoms with Crippen LogP contribution in [0.4, 0.5) is 5.69 Å². The Morgan fingerprint density at radius 1 is 0.907 bits per heavy atom. The molecule has 43 heavy (non-hydrogen) atoms. The Morgan fingerprint density at radius 3 is 2.14 bits per heavy atom. The molecule has 7 nitrogen and oxygen atoms in total. The fourth-order valence-corrected chi connectivity index (χ4v) is 7.44. The summed E-state index contributed by atoms with van der Waals surface area (Å²) >= 11 is 6.82. The SMILES string of the molecule is CN1C(C)(C)CC(NC(=O)c2ccc(-c3c(-c4ccc(N5CCNCC5)cc4)n(C)c4nccc(Cl)c34)cc2)CC1(C)C. The van der Waals surface area contributed by atoms with Crippen molar-refractivity contribution >= 4 is 34.2 Å². The molecule has 0 atom stereocenters. The highest BCUT2D eigenvalue weighted by molar-refractivity contribution is 6.37. The number of amides is 1. The monoisotopic (exact) mass is 598 g/mol. The van der Waals surface area contributed by atoms with E-state index in [1.807, 2.05) is 37.4 Å². The largest absolute Gasteiger partial charge is 0.369 e. The van der Waals surface area contributed by atoms with Gasteiger partial charge in [-0.2, -0.15) is 0 Å². The molecule has 6 rings (SSSR count). The van der Waals surface area contributed by atoms with Gasteiger partial charge in [-0.05, 0) is 89.0 Å². The molecule has 2 saturated heterocycles. The third-order valence-electron chi connectivity index (χ3n) is 9.72. The van der Waals surface area contributed by atoms with Gasteiger partial charge in [0.1, 0.15) is 5.65 Å². The minimum Gasteiger partial charge on any atom is -0.369 e. The lowest BCUT2D eigenvalue weighted by atomic mass is 9.77. The van der Waals surface area contributed by atoms with Gasteiger partial charge in [-0.3, -0.25) is 9.69 Å². The van der Waals surface area contributed by atoms with Crippen molar-refractivity contribution < 1.29 is 4.79 Å². The first kappa shape index (κ1) is 29.7. The van der Waals surface area contributed by atoms with Gasteiger partial charge in [0.05, 0.1) is 10.7 Å². The summed E-state index contributed by atoms with van der Waals surface area (Å²) < 4.78 is 2.13. The minimum absolute atomic E-state index is 0.00477. The molecular formula is C35H43ClN6O. The summed E-state index contributed by atoms with van der Waals surface area (Å²) in [5, 5.41) is 8.33. The highest BCUT2D eigenvalue weighted by Crippen LogP contribution is 2.43. The number of fused-ring (bicyclic) bond motifs is 1. The molecule has 8 heteroatoms. The van der Waals surface area contributed by atoms with Crippen LogP contribution in [0.2, 0.25) is 5.02 Å². The zero-order valence-corrected chi connectivity index (χ0v) is 26.9. The lowest BCUT2D eigenvalue weighted by molar-refractivity contribution is -0.0169. The van der Waals surface area contributed by atoms with Crippen LogP contribution in [0.3, 0.4) is 0 Å². The van der Waals surface area contributed by atoms with Crippen molar-refractivity contribution in [3.8, 4) is 22.4 Å². The van der Waals surface area contributed by atoms with Crippen LogP contribution in [-0.4, -0.2) is 70.7 Å². The second kappa shape index (κ2) is 11.3. The third-order valence-corrected chi connectivity index (χ3v) is 10.0.